The molecular weight excluding hydrogens is 238 g/mol. The molecule has 2 atom stereocenters. The van der Waals surface area contributed by atoms with E-state index >= 15 is 0 Å². The highest BCUT2D eigenvalue weighted by molar-refractivity contribution is 6.74. The second-order valence-electron chi connectivity index (χ2n) is 7.72. The molecule has 2 rings (SSSR count). The van der Waals surface area contributed by atoms with Crippen molar-refractivity contribution in [2.45, 2.75) is 70.6 Å². The number of nitrogens with zero attached hydrogens (tertiary/aromatic N) is 1. The smallest absolute Gasteiger partial charge is 0.191 e. The van der Waals surface area contributed by atoms with E-state index in [0.29, 0.717) is 5.04 Å². The van der Waals surface area contributed by atoms with E-state index < -0.39 is 8.32 Å². The molecule has 2 heterocycles. The molecule has 0 amide bonds. The van der Waals surface area contributed by atoms with Crippen molar-refractivity contribution in [2.24, 2.45) is 5.92 Å². The maximum absolute atomic E-state index is 6.45. The van der Waals surface area contributed by atoms with Crippen LogP contribution >= 0.6 is 0 Å². The zero-order chi connectivity index (χ0) is 13.4. The zero-order valence-corrected chi connectivity index (χ0v) is 14.0. The molecule has 2 nitrogen and oxygen atoms in total. The van der Waals surface area contributed by atoms with Crippen LogP contribution in [-0.2, 0) is 4.43 Å². The Morgan fingerprint density at radius 3 is 2.33 bits per heavy atom. The van der Waals surface area contributed by atoms with Crippen LogP contribution in [0.25, 0.3) is 0 Å². The molecule has 2 aliphatic heterocycles. The standard InChI is InChI=1S/C15H31NOSi/c1-15(2,3)18(4,5)17-12-13-8-6-10-16-11-7-9-14(13)16/h13-14H,6-12H2,1-5H3/t13-,14+/m0/s1. The van der Waals surface area contributed by atoms with E-state index in [1.807, 2.05) is 0 Å². The maximum atomic E-state index is 6.45. The lowest BCUT2D eigenvalue weighted by Gasteiger charge is -2.41. The fraction of sp³-hybridized carbons (Fsp3) is 1.00. The summed E-state index contributed by atoms with van der Waals surface area (Å²) in [6, 6.07) is 0.837. The summed E-state index contributed by atoms with van der Waals surface area (Å²) in [4.78, 5) is 2.71. The lowest BCUT2D eigenvalue weighted by molar-refractivity contribution is 0.0885. The zero-order valence-electron chi connectivity index (χ0n) is 13.0. The Hall–Kier alpha value is 0.137. The van der Waals surface area contributed by atoms with Crippen molar-refractivity contribution in [3.8, 4) is 0 Å². The van der Waals surface area contributed by atoms with Gasteiger partial charge in [-0.05, 0) is 62.8 Å². The molecular formula is C15H31NOSi. The van der Waals surface area contributed by atoms with Crippen LogP contribution in [0.1, 0.15) is 46.5 Å². The molecule has 18 heavy (non-hydrogen) atoms. The lowest BCUT2D eigenvalue weighted by Crippen LogP contribution is -2.46. The number of piperidine rings is 1. The summed E-state index contributed by atoms with van der Waals surface area (Å²) >= 11 is 0. The van der Waals surface area contributed by atoms with Gasteiger partial charge in [-0.2, -0.15) is 0 Å². The number of fused-ring (bicyclic) bond motifs is 1. The van der Waals surface area contributed by atoms with E-state index in [0.717, 1.165) is 18.6 Å². The van der Waals surface area contributed by atoms with E-state index in [1.54, 1.807) is 0 Å². The average molecular weight is 270 g/mol. The van der Waals surface area contributed by atoms with E-state index in [2.05, 4.69) is 38.8 Å². The van der Waals surface area contributed by atoms with Crippen molar-refractivity contribution < 1.29 is 4.43 Å². The lowest BCUT2D eigenvalue weighted by atomic mass is 9.90. The van der Waals surface area contributed by atoms with Gasteiger partial charge >= 0.3 is 0 Å². The normalized spacial score (nSPS) is 30.5. The molecule has 0 aliphatic carbocycles. The van der Waals surface area contributed by atoms with Crippen LogP contribution in [-0.4, -0.2) is 39.0 Å². The van der Waals surface area contributed by atoms with E-state index in [-0.39, 0.29) is 0 Å². The number of hydrogen-bond donors (Lipinski definition) is 0. The first-order valence-corrected chi connectivity index (χ1v) is 10.6. The number of rotatable bonds is 3. The third-order valence-corrected chi connectivity index (χ3v) is 9.94. The monoisotopic (exact) mass is 269 g/mol. The predicted octanol–water partition coefficient (Wildman–Crippen LogP) is 3.88. The summed E-state index contributed by atoms with van der Waals surface area (Å²) in [5.41, 5.74) is 0. The van der Waals surface area contributed by atoms with Gasteiger partial charge in [0.25, 0.3) is 0 Å². The van der Waals surface area contributed by atoms with E-state index in [9.17, 15) is 0 Å². The third-order valence-electron chi connectivity index (χ3n) is 5.44. The molecule has 0 unspecified atom stereocenters. The second kappa shape index (κ2) is 5.26. The van der Waals surface area contributed by atoms with Crippen LogP contribution in [0.2, 0.25) is 18.1 Å². The average Bonchev–Trinajstić information content (AvgIpc) is 2.73. The van der Waals surface area contributed by atoms with Gasteiger partial charge in [0.05, 0.1) is 0 Å². The second-order valence-corrected chi connectivity index (χ2v) is 12.5. The van der Waals surface area contributed by atoms with Crippen molar-refractivity contribution in [2.75, 3.05) is 19.7 Å². The van der Waals surface area contributed by atoms with Gasteiger partial charge < -0.3 is 9.33 Å². The topological polar surface area (TPSA) is 12.5 Å². The first kappa shape index (κ1) is 14.5. The fourth-order valence-electron chi connectivity index (χ4n) is 3.14. The van der Waals surface area contributed by atoms with Gasteiger partial charge in [0.15, 0.2) is 8.32 Å². The minimum absolute atomic E-state index is 0.344. The van der Waals surface area contributed by atoms with Crippen LogP contribution < -0.4 is 0 Å². The van der Waals surface area contributed by atoms with Gasteiger partial charge in [-0.1, -0.05) is 20.8 Å². The molecule has 106 valence electrons. The van der Waals surface area contributed by atoms with E-state index in [4.69, 9.17) is 4.43 Å². The molecule has 0 aromatic carbocycles. The summed E-state index contributed by atoms with van der Waals surface area (Å²) < 4.78 is 6.45. The van der Waals surface area contributed by atoms with Crippen LogP contribution in [0.15, 0.2) is 0 Å². The number of hydrogen-bond acceptors (Lipinski definition) is 2. The van der Waals surface area contributed by atoms with Gasteiger partial charge in [0.1, 0.15) is 0 Å². The molecule has 2 fully saturated rings. The van der Waals surface area contributed by atoms with Crippen molar-refractivity contribution in [3.05, 3.63) is 0 Å². The first-order valence-electron chi connectivity index (χ1n) is 7.69. The Bertz CT molecular complexity index is 285. The minimum atomic E-state index is -1.55. The van der Waals surface area contributed by atoms with Gasteiger partial charge in [0, 0.05) is 12.6 Å². The summed E-state index contributed by atoms with van der Waals surface area (Å²) in [6.07, 6.45) is 5.57. The van der Waals surface area contributed by atoms with Gasteiger partial charge in [-0.25, -0.2) is 0 Å². The minimum Gasteiger partial charge on any atom is -0.416 e. The Balaban J connectivity index is 1.90. The highest BCUT2D eigenvalue weighted by Gasteiger charge is 2.40. The van der Waals surface area contributed by atoms with Crippen LogP contribution in [0, 0.1) is 5.92 Å². The molecule has 2 saturated heterocycles. The molecule has 0 N–H and O–H groups in total. The van der Waals surface area contributed by atoms with Gasteiger partial charge in [-0.15, -0.1) is 0 Å². The molecule has 0 spiro atoms. The summed E-state index contributed by atoms with van der Waals surface area (Å²) in [5, 5.41) is 0.344. The molecule has 0 radical (unpaired) electrons. The SMILES string of the molecule is CC(C)(C)[Si](C)(C)OC[C@@H]1CCCN2CCC[C@H]12. The van der Waals surface area contributed by atoms with Gasteiger partial charge in [0.2, 0.25) is 0 Å². The highest BCUT2D eigenvalue weighted by atomic mass is 28.4. The van der Waals surface area contributed by atoms with Crippen molar-refractivity contribution in [1.29, 1.82) is 0 Å². The summed E-state index contributed by atoms with van der Waals surface area (Å²) in [6.45, 7) is 15.4. The van der Waals surface area contributed by atoms with Crippen molar-refractivity contribution in [1.82, 2.24) is 4.90 Å². The maximum Gasteiger partial charge on any atom is 0.191 e. The van der Waals surface area contributed by atoms with Crippen LogP contribution in [0.5, 0.6) is 0 Å². The molecule has 0 aromatic heterocycles. The molecule has 2 aliphatic rings. The Morgan fingerprint density at radius 1 is 1.11 bits per heavy atom. The largest absolute Gasteiger partial charge is 0.416 e. The Labute approximate surface area is 114 Å². The van der Waals surface area contributed by atoms with Gasteiger partial charge in [-0.3, -0.25) is 0 Å². The summed E-state index contributed by atoms with van der Waals surface area (Å²) in [5.74, 6) is 0.801. The van der Waals surface area contributed by atoms with Crippen molar-refractivity contribution >= 4 is 8.32 Å². The fourth-order valence-corrected chi connectivity index (χ4v) is 4.20. The van der Waals surface area contributed by atoms with Crippen molar-refractivity contribution in [3.63, 3.8) is 0 Å². The highest BCUT2D eigenvalue weighted by Crippen LogP contribution is 2.38. The third kappa shape index (κ3) is 2.99. The summed E-state index contributed by atoms with van der Waals surface area (Å²) in [7, 11) is -1.55. The molecule has 0 aromatic rings. The molecule has 0 saturated carbocycles. The first-order chi connectivity index (χ1) is 8.31. The Kier molecular flexibility index (Phi) is 4.25. The van der Waals surface area contributed by atoms with Crippen LogP contribution in [0.4, 0.5) is 0 Å². The molecule has 0 bridgehead atoms. The predicted molar refractivity (Wildman–Crippen MR) is 80.5 cm³/mol. The van der Waals surface area contributed by atoms with E-state index in [1.165, 1.54) is 38.8 Å². The quantitative estimate of drug-likeness (QED) is 0.721. The Morgan fingerprint density at radius 2 is 1.72 bits per heavy atom. The molecule has 3 heteroatoms. The van der Waals surface area contributed by atoms with Crippen LogP contribution in [0.3, 0.4) is 0 Å².